The van der Waals surface area contributed by atoms with Crippen molar-refractivity contribution >= 4 is 40.0 Å². The molecule has 0 aliphatic carbocycles. The van der Waals surface area contributed by atoms with E-state index in [0.29, 0.717) is 18.2 Å². The molecule has 0 aliphatic heterocycles. The zero-order valence-electron chi connectivity index (χ0n) is 9.74. The molecule has 0 unspecified atom stereocenters. The van der Waals surface area contributed by atoms with E-state index in [9.17, 15) is 0 Å². The van der Waals surface area contributed by atoms with Gasteiger partial charge in [0.15, 0.2) is 0 Å². The molecule has 4 nitrogen and oxygen atoms in total. The highest BCUT2D eigenvalue weighted by molar-refractivity contribution is 7.00. The van der Waals surface area contributed by atoms with E-state index < -0.39 is 0 Å². The summed E-state index contributed by atoms with van der Waals surface area (Å²) in [4.78, 5) is 0. The Labute approximate surface area is 109 Å². The van der Waals surface area contributed by atoms with Crippen LogP contribution in [0.1, 0.15) is 13.8 Å². The van der Waals surface area contributed by atoms with E-state index in [2.05, 4.69) is 14.1 Å². The summed E-state index contributed by atoms with van der Waals surface area (Å²) in [6.45, 7) is 5.37. The first-order valence-corrected chi connectivity index (χ1v) is 6.55. The molecule has 1 aromatic carbocycles. The predicted octanol–water partition coefficient (Wildman–Crippen LogP) is 3.18. The van der Waals surface area contributed by atoms with Crippen molar-refractivity contribution in [3.63, 3.8) is 0 Å². The summed E-state index contributed by atoms with van der Waals surface area (Å²) in [7, 11) is 0. The van der Waals surface area contributed by atoms with E-state index in [4.69, 9.17) is 16.3 Å². The molecule has 0 amide bonds. The maximum Gasteiger partial charge on any atom is 0.129 e. The fourth-order valence-electron chi connectivity index (χ4n) is 1.47. The standard InChI is InChI=1S/C11H14ClN3OS/c1-7(2)16-6-5-13-10-8(12)3-4-9-11(10)15-17-14-9/h3-4,7,13H,5-6H2,1-2H3. The van der Waals surface area contributed by atoms with Crippen molar-refractivity contribution in [2.75, 3.05) is 18.5 Å². The van der Waals surface area contributed by atoms with Gasteiger partial charge < -0.3 is 10.1 Å². The summed E-state index contributed by atoms with van der Waals surface area (Å²) >= 11 is 7.33. The largest absolute Gasteiger partial charge is 0.380 e. The molecule has 0 bridgehead atoms. The van der Waals surface area contributed by atoms with Crippen LogP contribution in [-0.2, 0) is 4.74 Å². The normalized spacial score (nSPS) is 11.3. The van der Waals surface area contributed by atoms with Crippen LogP contribution in [0.2, 0.25) is 5.02 Å². The lowest BCUT2D eigenvalue weighted by Gasteiger charge is -2.10. The molecule has 1 heterocycles. The molecule has 1 aromatic heterocycles. The Morgan fingerprint density at radius 1 is 1.41 bits per heavy atom. The molecule has 0 spiro atoms. The summed E-state index contributed by atoms with van der Waals surface area (Å²) in [5, 5.41) is 3.91. The lowest BCUT2D eigenvalue weighted by Crippen LogP contribution is -2.13. The van der Waals surface area contributed by atoms with Gasteiger partial charge in [-0.2, -0.15) is 8.75 Å². The van der Waals surface area contributed by atoms with Crippen molar-refractivity contribution in [2.45, 2.75) is 20.0 Å². The van der Waals surface area contributed by atoms with Gasteiger partial charge in [-0.05, 0) is 26.0 Å². The minimum Gasteiger partial charge on any atom is -0.380 e. The lowest BCUT2D eigenvalue weighted by molar-refractivity contribution is 0.0871. The van der Waals surface area contributed by atoms with Crippen molar-refractivity contribution in [1.82, 2.24) is 8.75 Å². The number of nitrogens with zero attached hydrogens (tertiary/aromatic N) is 2. The van der Waals surface area contributed by atoms with E-state index in [0.717, 1.165) is 16.7 Å². The highest BCUT2D eigenvalue weighted by Gasteiger charge is 2.09. The van der Waals surface area contributed by atoms with Gasteiger partial charge in [-0.15, -0.1) is 0 Å². The van der Waals surface area contributed by atoms with Crippen LogP contribution in [-0.4, -0.2) is 28.0 Å². The minimum atomic E-state index is 0.240. The van der Waals surface area contributed by atoms with Crippen LogP contribution in [0.5, 0.6) is 0 Å². The topological polar surface area (TPSA) is 47.0 Å². The highest BCUT2D eigenvalue weighted by Crippen LogP contribution is 2.29. The zero-order chi connectivity index (χ0) is 12.3. The first-order chi connectivity index (χ1) is 8.18. The molecule has 6 heteroatoms. The summed E-state index contributed by atoms with van der Waals surface area (Å²) < 4.78 is 13.9. The Morgan fingerprint density at radius 2 is 2.24 bits per heavy atom. The van der Waals surface area contributed by atoms with Crippen molar-refractivity contribution in [3.8, 4) is 0 Å². The molecule has 0 saturated carbocycles. The molecule has 0 saturated heterocycles. The van der Waals surface area contributed by atoms with Gasteiger partial charge in [-0.25, -0.2) is 0 Å². The lowest BCUT2D eigenvalue weighted by atomic mass is 10.2. The third-order valence-electron chi connectivity index (χ3n) is 2.23. The van der Waals surface area contributed by atoms with Gasteiger partial charge in [0.25, 0.3) is 0 Å². The summed E-state index contributed by atoms with van der Waals surface area (Å²) in [5.41, 5.74) is 2.53. The number of halogens is 1. The summed E-state index contributed by atoms with van der Waals surface area (Å²) in [6.07, 6.45) is 0.240. The van der Waals surface area contributed by atoms with Gasteiger partial charge in [0.2, 0.25) is 0 Å². The van der Waals surface area contributed by atoms with Gasteiger partial charge >= 0.3 is 0 Å². The molecule has 1 N–H and O–H groups in total. The molecule has 0 radical (unpaired) electrons. The number of rotatable bonds is 5. The van der Waals surface area contributed by atoms with E-state index in [1.165, 1.54) is 11.7 Å². The molecule has 0 fully saturated rings. The van der Waals surface area contributed by atoms with Crippen LogP contribution in [0.3, 0.4) is 0 Å². The van der Waals surface area contributed by atoms with Gasteiger partial charge in [-0.1, -0.05) is 11.6 Å². The van der Waals surface area contributed by atoms with Gasteiger partial charge in [-0.3, -0.25) is 0 Å². The second-order valence-corrected chi connectivity index (χ2v) is 4.84. The average molecular weight is 272 g/mol. The molecule has 2 aromatic rings. The van der Waals surface area contributed by atoms with Crippen LogP contribution < -0.4 is 5.32 Å². The molecule has 0 atom stereocenters. The molecule has 92 valence electrons. The van der Waals surface area contributed by atoms with Crippen LogP contribution >= 0.6 is 23.3 Å². The molecular formula is C11H14ClN3OS. The Morgan fingerprint density at radius 3 is 3.00 bits per heavy atom. The first kappa shape index (κ1) is 12.5. The number of aromatic nitrogens is 2. The van der Waals surface area contributed by atoms with Crippen LogP contribution in [0, 0.1) is 0 Å². The van der Waals surface area contributed by atoms with Crippen molar-refractivity contribution in [1.29, 1.82) is 0 Å². The van der Waals surface area contributed by atoms with Crippen LogP contribution in [0.4, 0.5) is 5.69 Å². The van der Waals surface area contributed by atoms with Crippen LogP contribution in [0.25, 0.3) is 11.0 Å². The van der Waals surface area contributed by atoms with Gasteiger partial charge in [0, 0.05) is 6.54 Å². The smallest absolute Gasteiger partial charge is 0.129 e. The monoisotopic (exact) mass is 271 g/mol. The highest BCUT2D eigenvalue weighted by atomic mass is 35.5. The van der Waals surface area contributed by atoms with Gasteiger partial charge in [0.05, 0.1) is 35.1 Å². The number of fused-ring (bicyclic) bond motifs is 1. The number of ether oxygens (including phenoxy) is 1. The van der Waals surface area contributed by atoms with E-state index in [1.54, 1.807) is 0 Å². The second-order valence-electron chi connectivity index (χ2n) is 3.90. The Balaban J connectivity index is 2.06. The quantitative estimate of drug-likeness (QED) is 0.849. The average Bonchev–Trinajstić information content (AvgIpc) is 2.74. The number of hydrogen-bond donors (Lipinski definition) is 1. The van der Waals surface area contributed by atoms with Crippen molar-refractivity contribution in [2.24, 2.45) is 0 Å². The Kier molecular flexibility index (Phi) is 4.15. The summed E-state index contributed by atoms with van der Waals surface area (Å²) in [5.74, 6) is 0. The Hall–Kier alpha value is -0.910. The third-order valence-corrected chi connectivity index (χ3v) is 3.09. The van der Waals surface area contributed by atoms with E-state index in [1.807, 2.05) is 26.0 Å². The SMILES string of the molecule is CC(C)OCCNc1c(Cl)ccc2nsnc12. The maximum atomic E-state index is 6.14. The van der Waals surface area contributed by atoms with Crippen molar-refractivity contribution in [3.05, 3.63) is 17.2 Å². The van der Waals surface area contributed by atoms with E-state index in [-0.39, 0.29) is 6.10 Å². The minimum absolute atomic E-state index is 0.240. The third kappa shape index (κ3) is 3.06. The van der Waals surface area contributed by atoms with Gasteiger partial charge in [0.1, 0.15) is 11.0 Å². The molecule has 2 rings (SSSR count). The molecular weight excluding hydrogens is 258 g/mol. The molecule has 17 heavy (non-hydrogen) atoms. The number of anilines is 1. The fourth-order valence-corrected chi connectivity index (χ4v) is 2.23. The number of nitrogens with one attached hydrogen (secondary N) is 1. The summed E-state index contributed by atoms with van der Waals surface area (Å²) in [6, 6.07) is 3.70. The number of benzene rings is 1. The fraction of sp³-hybridized carbons (Fsp3) is 0.455. The molecule has 0 aliphatic rings. The van der Waals surface area contributed by atoms with E-state index >= 15 is 0 Å². The Bertz CT molecular complexity index is 500. The maximum absolute atomic E-state index is 6.14. The predicted molar refractivity (Wildman–Crippen MR) is 72.0 cm³/mol. The zero-order valence-corrected chi connectivity index (χ0v) is 11.3. The van der Waals surface area contributed by atoms with Crippen molar-refractivity contribution < 1.29 is 4.74 Å². The second kappa shape index (κ2) is 5.62. The van der Waals surface area contributed by atoms with Crippen LogP contribution in [0.15, 0.2) is 12.1 Å². The first-order valence-electron chi connectivity index (χ1n) is 5.44. The number of hydrogen-bond acceptors (Lipinski definition) is 5.